The smallest absolute Gasteiger partial charge is 0.354 e. The number of carbonyl (C=O) groups excluding carboxylic acids is 3. The number of rotatable bonds is 7. The number of methoxy groups -OCH3 is 2. The molecule has 1 aromatic rings. The number of benzene rings is 1. The van der Waals surface area contributed by atoms with Gasteiger partial charge in [-0.25, -0.2) is 9.59 Å². The second-order valence-corrected chi connectivity index (χ2v) is 3.94. The van der Waals surface area contributed by atoms with Crippen molar-refractivity contribution in [3.05, 3.63) is 24.3 Å². The molecule has 1 aromatic carbocycles. The van der Waals surface area contributed by atoms with E-state index in [-0.39, 0.29) is 18.1 Å². The highest BCUT2D eigenvalue weighted by atomic mass is 16.6. The maximum atomic E-state index is 11.5. The first-order valence-electron chi connectivity index (χ1n) is 6.03. The lowest BCUT2D eigenvalue weighted by Gasteiger charge is -2.16. The van der Waals surface area contributed by atoms with E-state index in [1.807, 2.05) is 0 Å². The van der Waals surface area contributed by atoms with Gasteiger partial charge in [0, 0.05) is 0 Å². The van der Waals surface area contributed by atoms with E-state index in [9.17, 15) is 14.4 Å². The number of carbonyl (C=O) groups is 3. The third-order valence-corrected chi connectivity index (χ3v) is 2.45. The zero-order valence-corrected chi connectivity index (χ0v) is 12.0. The Labute approximate surface area is 121 Å². The number of hydrogen-bond acceptors (Lipinski definition) is 7. The molecule has 0 aliphatic heterocycles. The van der Waals surface area contributed by atoms with Crippen LogP contribution in [0, 0.1) is 0 Å². The van der Waals surface area contributed by atoms with Gasteiger partial charge in [0.1, 0.15) is 0 Å². The van der Waals surface area contributed by atoms with Crippen molar-refractivity contribution in [2.45, 2.75) is 13.0 Å². The summed E-state index contributed by atoms with van der Waals surface area (Å²) in [6, 6.07) is 6.33. The fourth-order valence-electron chi connectivity index (χ4n) is 1.39. The number of Topliss-reactive ketones (excluding diaryl/α,β-unsaturated/α-hetero) is 1. The van der Waals surface area contributed by atoms with Crippen LogP contribution in [0.25, 0.3) is 0 Å². The van der Waals surface area contributed by atoms with E-state index in [1.54, 1.807) is 12.1 Å². The molecule has 21 heavy (non-hydrogen) atoms. The van der Waals surface area contributed by atoms with Gasteiger partial charge in [0.25, 0.3) is 6.10 Å². The van der Waals surface area contributed by atoms with Gasteiger partial charge in [0.2, 0.25) is 0 Å². The fraction of sp³-hybridized carbons (Fsp3) is 0.357. The lowest BCUT2D eigenvalue weighted by molar-refractivity contribution is -0.153. The van der Waals surface area contributed by atoms with E-state index in [1.165, 1.54) is 26.2 Å². The topological polar surface area (TPSA) is 88.1 Å². The minimum Gasteiger partial charge on any atom is -0.478 e. The number of ketones is 1. The van der Waals surface area contributed by atoms with Crippen LogP contribution in [0.15, 0.2) is 24.3 Å². The molecule has 0 saturated heterocycles. The molecular formula is C14H16O7. The Morgan fingerprint density at radius 3 is 2.19 bits per heavy atom. The molecule has 0 heterocycles. The van der Waals surface area contributed by atoms with Crippen molar-refractivity contribution in [1.82, 2.24) is 0 Å². The molecule has 0 N–H and O–H groups in total. The molecule has 0 fully saturated rings. The molecule has 1 atom stereocenters. The molecule has 0 aromatic heterocycles. The summed E-state index contributed by atoms with van der Waals surface area (Å²) in [4.78, 5) is 34.0. The van der Waals surface area contributed by atoms with E-state index >= 15 is 0 Å². The van der Waals surface area contributed by atoms with E-state index in [2.05, 4.69) is 9.47 Å². The van der Waals surface area contributed by atoms with Crippen molar-refractivity contribution in [3.63, 3.8) is 0 Å². The summed E-state index contributed by atoms with van der Waals surface area (Å²) in [5, 5.41) is 0. The highest BCUT2D eigenvalue weighted by molar-refractivity contribution is 6.01. The van der Waals surface area contributed by atoms with Gasteiger partial charge in [-0.15, -0.1) is 0 Å². The second-order valence-electron chi connectivity index (χ2n) is 3.94. The third kappa shape index (κ3) is 4.79. The first-order valence-corrected chi connectivity index (χ1v) is 6.03. The molecule has 0 radical (unpaired) electrons. The summed E-state index contributed by atoms with van der Waals surface area (Å²) < 4.78 is 19.5. The van der Waals surface area contributed by atoms with Gasteiger partial charge in [-0.3, -0.25) is 4.79 Å². The molecule has 7 nitrogen and oxygen atoms in total. The minimum absolute atomic E-state index is 0.145. The average molecular weight is 296 g/mol. The predicted molar refractivity (Wildman–Crippen MR) is 71.1 cm³/mol. The van der Waals surface area contributed by atoms with Gasteiger partial charge >= 0.3 is 11.9 Å². The van der Waals surface area contributed by atoms with Crippen LogP contribution in [-0.4, -0.2) is 44.7 Å². The number of esters is 2. The lowest BCUT2D eigenvalue weighted by atomic mass is 10.2. The Morgan fingerprint density at radius 2 is 1.67 bits per heavy atom. The van der Waals surface area contributed by atoms with E-state index in [4.69, 9.17) is 9.47 Å². The minimum atomic E-state index is -1.39. The molecule has 0 bridgehead atoms. The molecule has 0 aliphatic rings. The Balaban J connectivity index is 2.89. The normalized spacial score (nSPS) is 11.2. The van der Waals surface area contributed by atoms with Crippen LogP contribution >= 0.6 is 0 Å². The molecule has 114 valence electrons. The van der Waals surface area contributed by atoms with Crippen LogP contribution in [0.1, 0.15) is 6.92 Å². The van der Waals surface area contributed by atoms with Crippen LogP contribution in [0.5, 0.6) is 11.5 Å². The Morgan fingerprint density at radius 1 is 1.05 bits per heavy atom. The van der Waals surface area contributed by atoms with Crippen molar-refractivity contribution in [1.29, 1.82) is 0 Å². The van der Waals surface area contributed by atoms with E-state index in [0.29, 0.717) is 0 Å². The summed E-state index contributed by atoms with van der Waals surface area (Å²) in [6.07, 6.45) is -1.39. The summed E-state index contributed by atoms with van der Waals surface area (Å²) in [5.41, 5.74) is 0. The van der Waals surface area contributed by atoms with Gasteiger partial charge < -0.3 is 18.9 Å². The highest BCUT2D eigenvalue weighted by Gasteiger charge is 2.27. The molecule has 0 aliphatic carbocycles. The van der Waals surface area contributed by atoms with Crippen molar-refractivity contribution in [2.24, 2.45) is 0 Å². The largest absolute Gasteiger partial charge is 0.478 e. The average Bonchev–Trinajstić information content (AvgIpc) is 2.49. The SMILES string of the molecule is COC(=O)COc1ccccc1OC(C(C)=O)C(=O)OC. The van der Waals surface area contributed by atoms with Gasteiger partial charge in [0.15, 0.2) is 23.9 Å². The summed E-state index contributed by atoms with van der Waals surface area (Å²) in [7, 11) is 2.39. The first kappa shape index (κ1) is 16.5. The third-order valence-electron chi connectivity index (χ3n) is 2.45. The Bertz CT molecular complexity index is 524. The van der Waals surface area contributed by atoms with E-state index in [0.717, 1.165) is 7.11 Å². The molecule has 0 spiro atoms. The molecule has 1 unspecified atom stereocenters. The maximum absolute atomic E-state index is 11.5. The highest BCUT2D eigenvalue weighted by Crippen LogP contribution is 2.27. The Hall–Kier alpha value is -2.57. The van der Waals surface area contributed by atoms with Crippen LogP contribution in [-0.2, 0) is 23.9 Å². The van der Waals surface area contributed by atoms with Crippen LogP contribution in [0.3, 0.4) is 0 Å². The molecule has 0 amide bonds. The molecule has 1 rings (SSSR count). The quantitative estimate of drug-likeness (QED) is 0.542. The Kier molecular flexibility index (Phi) is 6.19. The number of hydrogen-bond donors (Lipinski definition) is 0. The van der Waals surface area contributed by atoms with E-state index < -0.39 is 23.8 Å². The fourth-order valence-corrected chi connectivity index (χ4v) is 1.39. The van der Waals surface area contributed by atoms with Crippen LogP contribution in [0.4, 0.5) is 0 Å². The van der Waals surface area contributed by atoms with Crippen LogP contribution < -0.4 is 9.47 Å². The van der Waals surface area contributed by atoms with Gasteiger partial charge in [-0.2, -0.15) is 0 Å². The van der Waals surface area contributed by atoms with Gasteiger partial charge in [0.05, 0.1) is 14.2 Å². The molecule has 7 heteroatoms. The summed E-state index contributed by atoms with van der Waals surface area (Å²) >= 11 is 0. The maximum Gasteiger partial charge on any atom is 0.354 e. The number of ether oxygens (including phenoxy) is 4. The molecular weight excluding hydrogens is 280 g/mol. The summed E-state index contributed by atoms with van der Waals surface area (Å²) in [5.74, 6) is -1.54. The summed E-state index contributed by atoms with van der Waals surface area (Å²) in [6.45, 7) is 0.888. The van der Waals surface area contributed by atoms with Crippen molar-refractivity contribution in [2.75, 3.05) is 20.8 Å². The van der Waals surface area contributed by atoms with Crippen molar-refractivity contribution in [3.8, 4) is 11.5 Å². The monoisotopic (exact) mass is 296 g/mol. The standard InChI is InChI=1S/C14H16O7/c1-9(15)13(14(17)19-3)21-11-7-5-4-6-10(11)20-8-12(16)18-2/h4-7,13H,8H2,1-3H3. The molecule has 0 saturated carbocycles. The zero-order chi connectivity index (χ0) is 15.8. The van der Waals surface area contributed by atoms with Crippen molar-refractivity contribution < 1.29 is 33.3 Å². The zero-order valence-electron chi connectivity index (χ0n) is 12.0. The van der Waals surface area contributed by atoms with Gasteiger partial charge in [-0.05, 0) is 19.1 Å². The first-order chi connectivity index (χ1) is 9.99. The van der Waals surface area contributed by atoms with Crippen molar-refractivity contribution >= 4 is 17.7 Å². The number of para-hydroxylation sites is 2. The predicted octanol–water partition coefficient (Wildman–Crippen LogP) is 0.748. The lowest BCUT2D eigenvalue weighted by Crippen LogP contribution is -2.35. The van der Waals surface area contributed by atoms with Gasteiger partial charge in [-0.1, -0.05) is 12.1 Å². The van der Waals surface area contributed by atoms with Crippen LogP contribution in [0.2, 0.25) is 0 Å². The second kappa shape index (κ2) is 7.88.